The highest BCUT2D eigenvalue weighted by atomic mass is 32.1. The number of anilines is 1. The molecule has 0 bridgehead atoms. The highest BCUT2D eigenvalue weighted by molar-refractivity contribution is 7.80. The highest BCUT2D eigenvalue weighted by Crippen LogP contribution is 2.25. The Kier molecular flexibility index (Phi) is 3.86. The molecule has 0 aliphatic heterocycles. The number of hydrogen-bond donors (Lipinski definition) is 2. The van der Waals surface area contributed by atoms with Crippen molar-refractivity contribution in [3.05, 3.63) is 58.3 Å². The van der Waals surface area contributed by atoms with E-state index in [-0.39, 0.29) is 6.04 Å². The second-order valence-electron chi connectivity index (χ2n) is 4.86. The van der Waals surface area contributed by atoms with E-state index in [2.05, 4.69) is 34.1 Å². The van der Waals surface area contributed by atoms with E-state index >= 15 is 0 Å². The Morgan fingerprint density at radius 3 is 2.86 bits per heavy atom. The standard InChI is InChI=1S/C16H15N3S2/c1-10(12-6-7-21-9-12)18-16-13(15(17)20)8-11-4-2-3-5-14(11)19-16/h2-10H,1H3,(H2,17,20)(H,18,19). The Morgan fingerprint density at radius 2 is 2.14 bits per heavy atom. The van der Waals surface area contributed by atoms with Crippen molar-refractivity contribution in [1.82, 2.24) is 4.98 Å². The Labute approximate surface area is 132 Å². The first kappa shape index (κ1) is 14.0. The lowest BCUT2D eigenvalue weighted by molar-refractivity contribution is 0.881. The lowest BCUT2D eigenvalue weighted by Gasteiger charge is -2.17. The third-order valence-electron chi connectivity index (χ3n) is 3.39. The topological polar surface area (TPSA) is 50.9 Å². The molecule has 3 nitrogen and oxygen atoms in total. The Balaban J connectivity index is 2.03. The quantitative estimate of drug-likeness (QED) is 0.712. The molecule has 0 radical (unpaired) electrons. The molecule has 21 heavy (non-hydrogen) atoms. The number of hydrogen-bond acceptors (Lipinski definition) is 4. The molecule has 3 rings (SSSR count). The number of thiocarbonyl (C=S) groups is 1. The first-order valence-corrected chi connectivity index (χ1v) is 7.98. The van der Waals surface area contributed by atoms with E-state index in [1.165, 1.54) is 5.56 Å². The van der Waals surface area contributed by atoms with Crippen LogP contribution in [-0.4, -0.2) is 9.97 Å². The molecular formula is C16H15N3S2. The largest absolute Gasteiger partial charge is 0.389 e. The maximum atomic E-state index is 5.85. The van der Waals surface area contributed by atoms with Crippen molar-refractivity contribution >= 4 is 45.3 Å². The zero-order valence-electron chi connectivity index (χ0n) is 11.5. The lowest BCUT2D eigenvalue weighted by atomic mass is 10.1. The van der Waals surface area contributed by atoms with E-state index in [0.29, 0.717) is 4.99 Å². The predicted octanol–water partition coefficient (Wildman–Crippen LogP) is 4.10. The summed E-state index contributed by atoms with van der Waals surface area (Å²) >= 11 is 6.85. The van der Waals surface area contributed by atoms with Crippen molar-refractivity contribution in [3.63, 3.8) is 0 Å². The number of nitrogens with one attached hydrogen (secondary N) is 1. The van der Waals surface area contributed by atoms with Crippen LogP contribution in [0.2, 0.25) is 0 Å². The van der Waals surface area contributed by atoms with E-state index in [0.717, 1.165) is 22.3 Å². The molecular weight excluding hydrogens is 298 g/mol. The molecule has 1 atom stereocenters. The number of nitrogens with two attached hydrogens (primary N) is 1. The van der Waals surface area contributed by atoms with Gasteiger partial charge in [-0.05, 0) is 41.4 Å². The number of benzene rings is 1. The average Bonchev–Trinajstić information content (AvgIpc) is 3.00. The van der Waals surface area contributed by atoms with E-state index in [1.54, 1.807) is 11.3 Å². The summed E-state index contributed by atoms with van der Waals surface area (Å²) in [4.78, 5) is 5.03. The summed E-state index contributed by atoms with van der Waals surface area (Å²) in [6.45, 7) is 2.10. The van der Waals surface area contributed by atoms with Gasteiger partial charge < -0.3 is 11.1 Å². The van der Waals surface area contributed by atoms with Crippen LogP contribution in [0.3, 0.4) is 0 Å². The van der Waals surface area contributed by atoms with Crippen molar-refractivity contribution in [3.8, 4) is 0 Å². The van der Waals surface area contributed by atoms with Gasteiger partial charge in [-0.2, -0.15) is 11.3 Å². The first-order valence-electron chi connectivity index (χ1n) is 6.63. The normalized spacial score (nSPS) is 12.2. The fourth-order valence-electron chi connectivity index (χ4n) is 2.22. The molecule has 5 heteroatoms. The van der Waals surface area contributed by atoms with Crippen LogP contribution in [0.4, 0.5) is 5.82 Å². The molecule has 0 amide bonds. The van der Waals surface area contributed by atoms with E-state index in [1.807, 2.05) is 30.3 Å². The van der Waals surface area contributed by atoms with Gasteiger partial charge in [0.2, 0.25) is 0 Å². The second kappa shape index (κ2) is 5.79. The van der Waals surface area contributed by atoms with Crippen molar-refractivity contribution in [2.24, 2.45) is 5.73 Å². The fourth-order valence-corrected chi connectivity index (χ4v) is 3.13. The van der Waals surface area contributed by atoms with E-state index in [4.69, 9.17) is 18.0 Å². The summed E-state index contributed by atoms with van der Waals surface area (Å²) < 4.78 is 0. The maximum absolute atomic E-state index is 5.85. The van der Waals surface area contributed by atoms with Crippen LogP contribution >= 0.6 is 23.6 Å². The predicted molar refractivity (Wildman–Crippen MR) is 94.0 cm³/mol. The SMILES string of the molecule is CC(Nc1nc2ccccc2cc1C(N)=S)c1ccsc1. The van der Waals surface area contributed by atoms with Gasteiger partial charge in [0.15, 0.2) is 0 Å². The van der Waals surface area contributed by atoms with Crippen molar-refractivity contribution < 1.29 is 0 Å². The highest BCUT2D eigenvalue weighted by Gasteiger charge is 2.13. The Hall–Kier alpha value is -1.98. The molecule has 0 spiro atoms. The van der Waals surface area contributed by atoms with Gasteiger partial charge in [0.05, 0.1) is 17.1 Å². The number of thiophene rings is 1. The van der Waals surface area contributed by atoms with Crippen molar-refractivity contribution in [2.75, 3.05) is 5.32 Å². The van der Waals surface area contributed by atoms with Gasteiger partial charge in [0.25, 0.3) is 0 Å². The van der Waals surface area contributed by atoms with Gasteiger partial charge in [-0.3, -0.25) is 0 Å². The summed E-state index contributed by atoms with van der Waals surface area (Å²) in [5.74, 6) is 0.736. The molecule has 3 aromatic rings. The molecule has 106 valence electrons. The molecule has 0 aliphatic carbocycles. The lowest BCUT2D eigenvalue weighted by Crippen LogP contribution is -2.16. The first-order chi connectivity index (χ1) is 10.1. The molecule has 0 fully saturated rings. The number of para-hydroxylation sites is 1. The van der Waals surface area contributed by atoms with Gasteiger partial charge in [-0.15, -0.1) is 0 Å². The van der Waals surface area contributed by atoms with Crippen molar-refractivity contribution in [2.45, 2.75) is 13.0 Å². The number of aromatic nitrogens is 1. The molecule has 1 aromatic carbocycles. The zero-order valence-corrected chi connectivity index (χ0v) is 13.2. The van der Waals surface area contributed by atoms with Crippen LogP contribution in [0, 0.1) is 0 Å². The van der Waals surface area contributed by atoms with Gasteiger partial charge in [0, 0.05) is 5.39 Å². The van der Waals surface area contributed by atoms with Crippen molar-refractivity contribution in [1.29, 1.82) is 0 Å². The smallest absolute Gasteiger partial charge is 0.137 e. The summed E-state index contributed by atoms with van der Waals surface area (Å²) in [5, 5.41) is 8.64. The number of pyridine rings is 1. The number of nitrogens with zero attached hydrogens (tertiary/aromatic N) is 1. The van der Waals surface area contributed by atoms with Crippen LogP contribution in [-0.2, 0) is 0 Å². The Bertz CT molecular complexity index is 781. The summed E-state index contributed by atoms with van der Waals surface area (Å²) in [6, 6.07) is 12.2. The van der Waals surface area contributed by atoms with Crippen LogP contribution in [0.1, 0.15) is 24.1 Å². The van der Waals surface area contributed by atoms with Crippen LogP contribution in [0.5, 0.6) is 0 Å². The summed E-state index contributed by atoms with van der Waals surface area (Å²) in [7, 11) is 0. The minimum Gasteiger partial charge on any atom is -0.389 e. The number of fused-ring (bicyclic) bond motifs is 1. The molecule has 2 aromatic heterocycles. The molecule has 2 heterocycles. The molecule has 1 unspecified atom stereocenters. The third kappa shape index (κ3) is 2.89. The monoisotopic (exact) mass is 313 g/mol. The number of rotatable bonds is 4. The van der Waals surface area contributed by atoms with Gasteiger partial charge >= 0.3 is 0 Å². The Morgan fingerprint density at radius 1 is 1.33 bits per heavy atom. The van der Waals surface area contributed by atoms with Crippen LogP contribution in [0.15, 0.2) is 47.2 Å². The second-order valence-corrected chi connectivity index (χ2v) is 6.08. The van der Waals surface area contributed by atoms with E-state index in [9.17, 15) is 0 Å². The zero-order chi connectivity index (χ0) is 14.8. The molecule has 3 N–H and O–H groups in total. The summed E-state index contributed by atoms with van der Waals surface area (Å²) in [5.41, 5.74) is 8.79. The van der Waals surface area contributed by atoms with Gasteiger partial charge in [0.1, 0.15) is 10.8 Å². The van der Waals surface area contributed by atoms with E-state index < -0.39 is 0 Å². The minimum atomic E-state index is 0.151. The van der Waals surface area contributed by atoms with Crippen LogP contribution in [0.25, 0.3) is 10.9 Å². The maximum Gasteiger partial charge on any atom is 0.137 e. The molecule has 0 saturated heterocycles. The summed E-state index contributed by atoms with van der Waals surface area (Å²) in [6.07, 6.45) is 0. The molecule has 0 saturated carbocycles. The minimum absolute atomic E-state index is 0.151. The van der Waals surface area contributed by atoms with Gasteiger partial charge in [-0.25, -0.2) is 4.98 Å². The van der Waals surface area contributed by atoms with Crippen LogP contribution < -0.4 is 11.1 Å². The fraction of sp³-hybridized carbons (Fsp3) is 0.125. The average molecular weight is 313 g/mol. The third-order valence-corrected chi connectivity index (χ3v) is 4.31. The molecule has 0 aliphatic rings. The van der Waals surface area contributed by atoms with Gasteiger partial charge in [-0.1, -0.05) is 30.4 Å².